The van der Waals surface area contributed by atoms with E-state index in [0.29, 0.717) is 13.2 Å². The quantitative estimate of drug-likeness (QED) is 0.867. The standard InChI is InChI=1S/C16H23N3O2/c1-12-3-2-4-13(9-12)18-5-7-19(8-6-18)16(20)14-10-21-11-15(14)17/h2-4,9,14-15H,5-8,10-11,17H2,1H3. The Labute approximate surface area is 125 Å². The Hall–Kier alpha value is -1.59. The molecule has 0 aliphatic carbocycles. The highest BCUT2D eigenvalue weighted by molar-refractivity contribution is 5.80. The van der Waals surface area contributed by atoms with Crippen LogP contribution in [0.25, 0.3) is 0 Å². The molecule has 0 aromatic heterocycles. The second-order valence-corrected chi connectivity index (χ2v) is 5.96. The first kappa shape index (κ1) is 14.4. The number of nitrogens with zero attached hydrogens (tertiary/aromatic N) is 2. The molecule has 1 aromatic rings. The SMILES string of the molecule is Cc1cccc(N2CCN(C(=O)C3COCC3N)CC2)c1. The minimum Gasteiger partial charge on any atom is -0.379 e. The third-order valence-corrected chi connectivity index (χ3v) is 4.40. The number of nitrogens with two attached hydrogens (primary N) is 1. The number of hydrogen-bond donors (Lipinski definition) is 1. The fourth-order valence-corrected chi connectivity index (χ4v) is 3.07. The summed E-state index contributed by atoms with van der Waals surface area (Å²) >= 11 is 0. The van der Waals surface area contributed by atoms with Gasteiger partial charge in [-0.15, -0.1) is 0 Å². The fourth-order valence-electron chi connectivity index (χ4n) is 3.07. The summed E-state index contributed by atoms with van der Waals surface area (Å²) in [5, 5.41) is 0. The zero-order chi connectivity index (χ0) is 14.8. The molecule has 0 radical (unpaired) electrons. The van der Waals surface area contributed by atoms with Crippen LogP contribution in [0.4, 0.5) is 5.69 Å². The molecule has 2 saturated heterocycles. The lowest BCUT2D eigenvalue weighted by Crippen LogP contribution is -2.52. The van der Waals surface area contributed by atoms with Crippen molar-refractivity contribution in [3.8, 4) is 0 Å². The summed E-state index contributed by atoms with van der Waals surface area (Å²) in [4.78, 5) is 16.7. The molecule has 2 unspecified atom stereocenters. The largest absolute Gasteiger partial charge is 0.379 e. The molecule has 5 heteroatoms. The van der Waals surface area contributed by atoms with Crippen molar-refractivity contribution < 1.29 is 9.53 Å². The van der Waals surface area contributed by atoms with E-state index >= 15 is 0 Å². The van der Waals surface area contributed by atoms with Crippen molar-refractivity contribution in [3.05, 3.63) is 29.8 Å². The Bertz CT molecular complexity index is 512. The molecule has 0 spiro atoms. The van der Waals surface area contributed by atoms with Crippen LogP contribution in [0.1, 0.15) is 5.56 Å². The zero-order valence-electron chi connectivity index (χ0n) is 12.5. The van der Waals surface area contributed by atoms with E-state index in [-0.39, 0.29) is 17.9 Å². The second-order valence-electron chi connectivity index (χ2n) is 5.96. The third kappa shape index (κ3) is 3.04. The molecule has 0 saturated carbocycles. The molecule has 2 fully saturated rings. The van der Waals surface area contributed by atoms with E-state index in [9.17, 15) is 4.79 Å². The lowest BCUT2D eigenvalue weighted by Gasteiger charge is -2.37. The summed E-state index contributed by atoms with van der Waals surface area (Å²) in [5.74, 6) is -0.000544. The third-order valence-electron chi connectivity index (χ3n) is 4.40. The van der Waals surface area contributed by atoms with Crippen molar-refractivity contribution in [3.63, 3.8) is 0 Å². The summed E-state index contributed by atoms with van der Waals surface area (Å²) in [7, 11) is 0. The molecule has 114 valence electrons. The highest BCUT2D eigenvalue weighted by Crippen LogP contribution is 2.20. The lowest BCUT2D eigenvalue weighted by molar-refractivity contribution is -0.136. The molecule has 3 rings (SSSR count). The molecule has 2 atom stereocenters. The summed E-state index contributed by atoms with van der Waals surface area (Å²) in [6, 6.07) is 8.36. The van der Waals surface area contributed by atoms with Crippen molar-refractivity contribution in [2.75, 3.05) is 44.3 Å². The normalized spacial score (nSPS) is 26.2. The van der Waals surface area contributed by atoms with Crippen molar-refractivity contribution in [1.29, 1.82) is 0 Å². The van der Waals surface area contributed by atoms with Crippen LogP contribution < -0.4 is 10.6 Å². The topological polar surface area (TPSA) is 58.8 Å². The number of benzene rings is 1. The predicted molar refractivity (Wildman–Crippen MR) is 82.3 cm³/mol. The number of amides is 1. The van der Waals surface area contributed by atoms with Crippen LogP contribution >= 0.6 is 0 Å². The van der Waals surface area contributed by atoms with E-state index in [0.717, 1.165) is 26.2 Å². The monoisotopic (exact) mass is 289 g/mol. The molecule has 2 aliphatic heterocycles. The van der Waals surface area contributed by atoms with Crippen LogP contribution in [0, 0.1) is 12.8 Å². The number of carbonyl (C=O) groups excluding carboxylic acids is 1. The highest BCUT2D eigenvalue weighted by atomic mass is 16.5. The zero-order valence-corrected chi connectivity index (χ0v) is 12.5. The van der Waals surface area contributed by atoms with E-state index in [1.165, 1.54) is 11.3 Å². The van der Waals surface area contributed by atoms with Gasteiger partial charge in [-0.1, -0.05) is 12.1 Å². The van der Waals surface area contributed by atoms with Gasteiger partial charge in [0.25, 0.3) is 0 Å². The van der Waals surface area contributed by atoms with E-state index in [1.807, 2.05) is 4.90 Å². The van der Waals surface area contributed by atoms with E-state index < -0.39 is 0 Å². The van der Waals surface area contributed by atoms with Crippen LogP contribution in [-0.2, 0) is 9.53 Å². The summed E-state index contributed by atoms with van der Waals surface area (Å²) in [5.41, 5.74) is 8.44. The van der Waals surface area contributed by atoms with Gasteiger partial charge in [-0.05, 0) is 24.6 Å². The molecule has 2 aliphatic rings. The van der Waals surface area contributed by atoms with Gasteiger partial charge in [0.2, 0.25) is 5.91 Å². The van der Waals surface area contributed by atoms with Gasteiger partial charge in [0.1, 0.15) is 0 Å². The number of ether oxygens (including phenoxy) is 1. The maximum Gasteiger partial charge on any atom is 0.229 e. The van der Waals surface area contributed by atoms with Crippen LogP contribution in [0.2, 0.25) is 0 Å². The lowest BCUT2D eigenvalue weighted by atomic mass is 10.0. The van der Waals surface area contributed by atoms with Crippen molar-refractivity contribution in [2.24, 2.45) is 11.7 Å². The van der Waals surface area contributed by atoms with Gasteiger partial charge in [0.05, 0.1) is 19.1 Å². The van der Waals surface area contributed by atoms with E-state index in [2.05, 4.69) is 36.1 Å². The predicted octanol–water partition coefficient (Wildman–Crippen LogP) is 0.617. The van der Waals surface area contributed by atoms with E-state index in [4.69, 9.17) is 10.5 Å². The average molecular weight is 289 g/mol. The van der Waals surface area contributed by atoms with Gasteiger partial charge in [-0.2, -0.15) is 0 Å². The minimum atomic E-state index is -0.157. The van der Waals surface area contributed by atoms with Crippen molar-refractivity contribution in [2.45, 2.75) is 13.0 Å². The van der Waals surface area contributed by atoms with Crippen LogP contribution in [0.5, 0.6) is 0 Å². The Kier molecular flexibility index (Phi) is 4.12. The van der Waals surface area contributed by atoms with Gasteiger partial charge in [0.15, 0.2) is 0 Å². The number of hydrogen-bond acceptors (Lipinski definition) is 4. The molecule has 1 aromatic carbocycles. The van der Waals surface area contributed by atoms with E-state index in [1.54, 1.807) is 0 Å². The van der Waals surface area contributed by atoms with Crippen molar-refractivity contribution in [1.82, 2.24) is 4.90 Å². The van der Waals surface area contributed by atoms with Crippen LogP contribution in [0.15, 0.2) is 24.3 Å². The first-order valence-corrected chi connectivity index (χ1v) is 7.59. The molecule has 1 amide bonds. The minimum absolute atomic E-state index is 0.146. The Morgan fingerprint density at radius 2 is 2.00 bits per heavy atom. The number of aryl methyl sites for hydroxylation is 1. The van der Waals surface area contributed by atoms with Gasteiger partial charge in [-0.3, -0.25) is 4.79 Å². The van der Waals surface area contributed by atoms with Crippen LogP contribution in [0.3, 0.4) is 0 Å². The summed E-state index contributed by atoms with van der Waals surface area (Å²) < 4.78 is 5.30. The first-order valence-electron chi connectivity index (χ1n) is 7.59. The van der Waals surface area contributed by atoms with Gasteiger partial charge >= 0.3 is 0 Å². The van der Waals surface area contributed by atoms with Gasteiger partial charge in [0, 0.05) is 37.9 Å². The number of rotatable bonds is 2. The van der Waals surface area contributed by atoms with Crippen molar-refractivity contribution >= 4 is 11.6 Å². The molecular formula is C16H23N3O2. The second kappa shape index (κ2) is 6.03. The first-order chi connectivity index (χ1) is 10.1. The Morgan fingerprint density at radius 3 is 2.62 bits per heavy atom. The molecule has 21 heavy (non-hydrogen) atoms. The maximum atomic E-state index is 12.5. The maximum absolute atomic E-state index is 12.5. The Balaban J connectivity index is 1.59. The summed E-state index contributed by atoms with van der Waals surface area (Å²) in [6.45, 7) is 6.34. The molecule has 0 bridgehead atoms. The highest BCUT2D eigenvalue weighted by Gasteiger charge is 2.35. The average Bonchev–Trinajstić information content (AvgIpc) is 2.93. The molecule has 2 N–H and O–H groups in total. The van der Waals surface area contributed by atoms with Crippen LogP contribution in [-0.4, -0.2) is 56.2 Å². The number of piperazine rings is 1. The molecule has 5 nitrogen and oxygen atoms in total. The molecule has 2 heterocycles. The number of carbonyl (C=O) groups is 1. The fraction of sp³-hybridized carbons (Fsp3) is 0.562. The summed E-state index contributed by atoms with van der Waals surface area (Å²) in [6.07, 6.45) is 0. The van der Waals surface area contributed by atoms with Gasteiger partial charge in [-0.25, -0.2) is 0 Å². The number of anilines is 1. The molecular weight excluding hydrogens is 266 g/mol. The van der Waals surface area contributed by atoms with Gasteiger partial charge < -0.3 is 20.3 Å². The Morgan fingerprint density at radius 1 is 1.24 bits per heavy atom. The smallest absolute Gasteiger partial charge is 0.229 e.